The summed E-state index contributed by atoms with van der Waals surface area (Å²) in [5.41, 5.74) is -1.07. The quantitative estimate of drug-likeness (QED) is 0.700. The zero-order chi connectivity index (χ0) is 11.2. The van der Waals surface area contributed by atoms with Gasteiger partial charge in [0.15, 0.2) is 5.54 Å². The van der Waals surface area contributed by atoms with E-state index in [9.17, 15) is 9.59 Å². The summed E-state index contributed by atoms with van der Waals surface area (Å²) in [5.74, 6) is 0.868. The number of hydrogen-bond donors (Lipinski definition) is 1. The Bertz CT molecular complexity index is 438. The Morgan fingerprint density at radius 2 is 2.07 bits per heavy atom. The van der Waals surface area contributed by atoms with Crippen LogP contribution in [0.4, 0.5) is 4.79 Å². The van der Waals surface area contributed by atoms with Gasteiger partial charge in [-0.1, -0.05) is 0 Å². The van der Waals surface area contributed by atoms with E-state index >= 15 is 0 Å². The van der Waals surface area contributed by atoms with Crippen LogP contribution in [-0.4, -0.2) is 23.9 Å². The molecule has 0 aromatic carbocycles. The Balaban J connectivity index is 2.44. The van der Waals surface area contributed by atoms with Crippen LogP contribution in [0.15, 0.2) is 16.5 Å². The highest BCUT2D eigenvalue weighted by Gasteiger charge is 2.49. The lowest BCUT2D eigenvalue weighted by Gasteiger charge is -2.17. The van der Waals surface area contributed by atoms with Crippen molar-refractivity contribution in [2.24, 2.45) is 0 Å². The summed E-state index contributed by atoms with van der Waals surface area (Å²) in [5, 5.41) is 2.60. The van der Waals surface area contributed by atoms with Crippen molar-refractivity contribution in [1.29, 1.82) is 0 Å². The maximum atomic E-state index is 11.8. The van der Waals surface area contributed by atoms with Crippen LogP contribution in [0.1, 0.15) is 18.4 Å². The maximum absolute atomic E-state index is 11.8. The molecule has 1 N–H and O–H groups in total. The second-order valence-corrected chi connectivity index (χ2v) is 3.83. The van der Waals surface area contributed by atoms with Crippen LogP contribution in [0, 0.1) is 6.92 Å². The summed E-state index contributed by atoms with van der Waals surface area (Å²) < 4.78 is 5.38. The first-order chi connectivity index (χ1) is 6.95. The van der Waals surface area contributed by atoms with Crippen molar-refractivity contribution in [2.75, 3.05) is 7.05 Å². The number of carbonyl (C=O) groups is 2. The van der Waals surface area contributed by atoms with Crippen LogP contribution in [0.3, 0.4) is 0 Å². The van der Waals surface area contributed by atoms with Crippen molar-refractivity contribution in [1.82, 2.24) is 10.2 Å². The molecule has 1 atom stereocenters. The third-order valence-electron chi connectivity index (χ3n) is 2.63. The molecule has 0 spiro atoms. The molecule has 3 amide bonds. The largest absolute Gasteiger partial charge is 0.463 e. The van der Waals surface area contributed by atoms with Gasteiger partial charge in [0.05, 0.1) is 0 Å². The smallest absolute Gasteiger partial charge is 0.325 e. The van der Waals surface area contributed by atoms with E-state index in [1.165, 1.54) is 7.05 Å². The number of hydrogen-bond acceptors (Lipinski definition) is 3. The zero-order valence-electron chi connectivity index (χ0n) is 8.83. The lowest BCUT2D eigenvalue weighted by molar-refractivity contribution is -0.130. The number of likely N-dealkylation sites (N-methyl/N-ethyl adjacent to an activating group) is 1. The number of nitrogens with zero attached hydrogens (tertiary/aromatic N) is 1. The molecular weight excluding hydrogens is 196 g/mol. The average molecular weight is 208 g/mol. The van der Waals surface area contributed by atoms with Crippen LogP contribution >= 0.6 is 0 Å². The fourth-order valence-corrected chi connectivity index (χ4v) is 1.65. The number of imide groups is 1. The first kappa shape index (κ1) is 9.76. The number of furan rings is 1. The first-order valence-electron chi connectivity index (χ1n) is 4.62. The highest BCUT2D eigenvalue weighted by Crippen LogP contribution is 2.29. The molecule has 5 nitrogen and oxygen atoms in total. The normalized spacial score (nSPS) is 25.9. The van der Waals surface area contributed by atoms with Gasteiger partial charge >= 0.3 is 6.03 Å². The number of rotatable bonds is 1. The van der Waals surface area contributed by atoms with Gasteiger partial charge in [-0.05, 0) is 26.0 Å². The maximum Gasteiger partial charge on any atom is 0.325 e. The molecule has 2 rings (SSSR count). The Labute approximate surface area is 87.0 Å². The van der Waals surface area contributed by atoms with Gasteiger partial charge in [-0.2, -0.15) is 0 Å². The molecule has 1 fully saturated rings. The van der Waals surface area contributed by atoms with Crippen LogP contribution in [-0.2, 0) is 10.3 Å². The van der Waals surface area contributed by atoms with Crippen LogP contribution in [0.2, 0.25) is 0 Å². The predicted molar refractivity (Wildman–Crippen MR) is 52.1 cm³/mol. The standard InChI is InChI=1S/C10H12N2O3/c1-6-4-5-7(15-6)10(2)8(13)12(3)9(14)11-10/h4-5H,1-3H3,(H,11,14). The van der Waals surface area contributed by atoms with Crippen molar-refractivity contribution in [2.45, 2.75) is 19.4 Å². The van der Waals surface area contributed by atoms with E-state index in [4.69, 9.17) is 4.42 Å². The van der Waals surface area contributed by atoms with Gasteiger partial charge in [-0.15, -0.1) is 0 Å². The number of amides is 3. The molecule has 1 aromatic heterocycles. The molecule has 2 heterocycles. The van der Waals surface area contributed by atoms with Crippen LogP contribution < -0.4 is 5.32 Å². The van der Waals surface area contributed by atoms with E-state index in [1.807, 2.05) is 0 Å². The van der Waals surface area contributed by atoms with E-state index in [1.54, 1.807) is 26.0 Å². The van der Waals surface area contributed by atoms with Gasteiger partial charge in [0.1, 0.15) is 11.5 Å². The van der Waals surface area contributed by atoms with Crippen LogP contribution in [0.25, 0.3) is 0 Å². The number of nitrogens with one attached hydrogen (secondary N) is 1. The summed E-state index contributed by atoms with van der Waals surface area (Å²) in [6.45, 7) is 3.42. The summed E-state index contributed by atoms with van der Waals surface area (Å²) in [4.78, 5) is 24.2. The predicted octanol–water partition coefficient (Wildman–Crippen LogP) is 0.985. The van der Waals surface area contributed by atoms with E-state index in [-0.39, 0.29) is 5.91 Å². The molecule has 5 heteroatoms. The molecule has 15 heavy (non-hydrogen) atoms. The van der Waals surface area contributed by atoms with E-state index in [0.29, 0.717) is 11.5 Å². The monoisotopic (exact) mass is 208 g/mol. The Morgan fingerprint density at radius 1 is 1.40 bits per heavy atom. The van der Waals surface area contributed by atoms with Crippen molar-refractivity contribution >= 4 is 11.9 Å². The minimum atomic E-state index is -1.07. The molecule has 0 saturated carbocycles. The number of carbonyl (C=O) groups excluding carboxylic acids is 2. The van der Waals surface area contributed by atoms with Gasteiger partial charge in [0.25, 0.3) is 5.91 Å². The van der Waals surface area contributed by atoms with Crippen molar-refractivity contribution in [3.8, 4) is 0 Å². The summed E-state index contributed by atoms with van der Waals surface area (Å²) in [6, 6.07) is 3.06. The lowest BCUT2D eigenvalue weighted by Crippen LogP contribution is -2.40. The Kier molecular flexibility index (Phi) is 1.86. The van der Waals surface area contributed by atoms with Gasteiger partial charge < -0.3 is 9.73 Å². The molecule has 0 bridgehead atoms. The molecule has 1 aromatic rings. The number of urea groups is 1. The third kappa shape index (κ3) is 1.23. The van der Waals surface area contributed by atoms with Gasteiger partial charge in [-0.25, -0.2) is 4.79 Å². The number of aryl methyl sites for hydroxylation is 1. The van der Waals surface area contributed by atoms with Gasteiger partial charge in [0, 0.05) is 7.05 Å². The minimum absolute atomic E-state index is 0.304. The average Bonchev–Trinajstić information content (AvgIpc) is 2.68. The fraction of sp³-hybridized carbons (Fsp3) is 0.400. The van der Waals surface area contributed by atoms with E-state index < -0.39 is 11.6 Å². The molecule has 1 saturated heterocycles. The summed E-state index contributed by atoms with van der Waals surface area (Å²) in [6.07, 6.45) is 0. The van der Waals surface area contributed by atoms with Crippen molar-refractivity contribution in [3.05, 3.63) is 23.7 Å². The molecule has 80 valence electrons. The third-order valence-corrected chi connectivity index (χ3v) is 2.63. The Hall–Kier alpha value is -1.78. The summed E-state index contributed by atoms with van der Waals surface area (Å²) in [7, 11) is 1.44. The molecule has 1 aliphatic heterocycles. The highest BCUT2D eigenvalue weighted by molar-refractivity contribution is 6.06. The molecule has 0 radical (unpaired) electrons. The second-order valence-electron chi connectivity index (χ2n) is 3.83. The highest BCUT2D eigenvalue weighted by atomic mass is 16.3. The first-order valence-corrected chi connectivity index (χ1v) is 4.62. The van der Waals surface area contributed by atoms with Crippen molar-refractivity contribution < 1.29 is 14.0 Å². The minimum Gasteiger partial charge on any atom is -0.463 e. The second kappa shape index (κ2) is 2.85. The molecule has 1 aliphatic rings. The van der Waals surface area contributed by atoms with E-state index in [2.05, 4.69) is 5.32 Å². The fourth-order valence-electron chi connectivity index (χ4n) is 1.65. The Morgan fingerprint density at radius 3 is 2.47 bits per heavy atom. The summed E-state index contributed by atoms with van der Waals surface area (Å²) >= 11 is 0. The molecular formula is C10H12N2O3. The SMILES string of the molecule is Cc1ccc(C2(C)NC(=O)N(C)C2=O)o1. The molecule has 1 unspecified atom stereocenters. The van der Waals surface area contributed by atoms with Gasteiger partial charge in [0.2, 0.25) is 0 Å². The topological polar surface area (TPSA) is 62.6 Å². The zero-order valence-corrected chi connectivity index (χ0v) is 8.83. The van der Waals surface area contributed by atoms with Crippen LogP contribution in [0.5, 0.6) is 0 Å². The molecule has 0 aliphatic carbocycles. The van der Waals surface area contributed by atoms with Crippen molar-refractivity contribution in [3.63, 3.8) is 0 Å². The lowest BCUT2D eigenvalue weighted by atomic mass is 9.99. The van der Waals surface area contributed by atoms with Gasteiger partial charge in [-0.3, -0.25) is 9.69 Å². The van der Waals surface area contributed by atoms with E-state index in [0.717, 1.165) is 4.90 Å².